The normalized spacial score (nSPS) is 11.7. The van der Waals surface area contributed by atoms with Crippen molar-refractivity contribution in [3.05, 3.63) is 84.0 Å². The minimum atomic E-state index is -0.162. The fourth-order valence-electron chi connectivity index (χ4n) is 3.60. The summed E-state index contributed by atoms with van der Waals surface area (Å²) in [6.45, 7) is 3.97. The average molecular weight is 428 g/mol. The lowest BCUT2D eigenvalue weighted by atomic mass is 10.0. The Hall–Kier alpha value is -3.93. The van der Waals surface area contributed by atoms with Gasteiger partial charge in [0, 0.05) is 23.2 Å². The second-order valence-corrected chi connectivity index (χ2v) is 7.60. The monoisotopic (exact) mass is 427 g/mol. The molecule has 0 aliphatic carbocycles. The molecule has 0 spiro atoms. The van der Waals surface area contributed by atoms with Crippen LogP contribution in [0.3, 0.4) is 0 Å². The summed E-state index contributed by atoms with van der Waals surface area (Å²) in [6, 6.07) is 20.7. The standard InChI is InChI=1S/C26H25N3O3/c1-17(2)27-25-11-7-8-14-29(25)26(30)20-16-22(28-21-10-6-5-9-19(20)21)18-12-13-23(31-3)24(15-18)32-4/h5-17H,1-4H3. The molecule has 0 aliphatic rings. The summed E-state index contributed by atoms with van der Waals surface area (Å²) in [5.41, 5.74) is 3.40. The number of para-hydroxylation sites is 1. The number of carbonyl (C=O) groups excluding carboxylic acids is 1. The number of aromatic nitrogens is 2. The molecule has 6 nitrogen and oxygen atoms in total. The van der Waals surface area contributed by atoms with Crippen LogP contribution in [0.15, 0.2) is 77.9 Å². The van der Waals surface area contributed by atoms with E-state index in [1.54, 1.807) is 25.0 Å². The molecule has 4 aromatic rings. The van der Waals surface area contributed by atoms with E-state index in [0.29, 0.717) is 28.2 Å². The molecule has 2 heterocycles. The predicted octanol–water partition coefficient (Wildman–Crippen LogP) is 4.72. The van der Waals surface area contributed by atoms with Gasteiger partial charge in [0.1, 0.15) is 5.49 Å². The SMILES string of the molecule is COc1ccc(-c2cc(C(=O)n3ccccc3=NC(C)C)c3ccccc3n2)cc1OC. The van der Waals surface area contributed by atoms with Gasteiger partial charge in [-0.2, -0.15) is 0 Å². The molecule has 6 heteroatoms. The van der Waals surface area contributed by atoms with Gasteiger partial charge in [0.2, 0.25) is 0 Å². The Balaban J connectivity index is 1.93. The first-order valence-corrected chi connectivity index (χ1v) is 10.4. The molecular weight excluding hydrogens is 402 g/mol. The van der Waals surface area contributed by atoms with Gasteiger partial charge >= 0.3 is 0 Å². The highest BCUT2D eigenvalue weighted by atomic mass is 16.5. The fourth-order valence-corrected chi connectivity index (χ4v) is 3.60. The predicted molar refractivity (Wildman–Crippen MR) is 125 cm³/mol. The van der Waals surface area contributed by atoms with Crippen molar-refractivity contribution >= 4 is 16.8 Å². The summed E-state index contributed by atoms with van der Waals surface area (Å²) >= 11 is 0. The van der Waals surface area contributed by atoms with Crippen LogP contribution < -0.4 is 15.0 Å². The van der Waals surface area contributed by atoms with Crippen LogP contribution in [-0.2, 0) is 0 Å². The van der Waals surface area contributed by atoms with Crippen molar-refractivity contribution in [1.82, 2.24) is 9.55 Å². The Morgan fingerprint density at radius 1 is 0.938 bits per heavy atom. The maximum atomic E-state index is 13.7. The Bertz CT molecular complexity index is 1360. The summed E-state index contributed by atoms with van der Waals surface area (Å²) in [7, 11) is 3.19. The Labute approximate surface area is 186 Å². The molecular formula is C26H25N3O3. The van der Waals surface area contributed by atoms with Gasteiger partial charge in [0.25, 0.3) is 5.91 Å². The number of carbonyl (C=O) groups is 1. The number of pyridine rings is 2. The van der Waals surface area contributed by atoms with Gasteiger partial charge in [-0.15, -0.1) is 0 Å². The molecule has 0 amide bonds. The van der Waals surface area contributed by atoms with E-state index in [-0.39, 0.29) is 11.9 Å². The molecule has 0 atom stereocenters. The third-order valence-corrected chi connectivity index (χ3v) is 5.07. The van der Waals surface area contributed by atoms with Crippen LogP contribution in [0, 0.1) is 0 Å². The highest BCUT2D eigenvalue weighted by Crippen LogP contribution is 2.33. The highest BCUT2D eigenvalue weighted by Gasteiger charge is 2.17. The maximum absolute atomic E-state index is 13.7. The number of hydrogen-bond donors (Lipinski definition) is 0. The fraction of sp³-hybridized carbons (Fsp3) is 0.192. The van der Waals surface area contributed by atoms with E-state index in [1.165, 1.54) is 0 Å². The van der Waals surface area contributed by atoms with Gasteiger partial charge < -0.3 is 9.47 Å². The summed E-state index contributed by atoms with van der Waals surface area (Å²) in [6.07, 6.45) is 1.74. The Kier molecular flexibility index (Phi) is 6.03. The molecule has 0 unspecified atom stereocenters. The topological polar surface area (TPSA) is 65.7 Å². The van der Waals surface area contributed by atoms with Crippen molar-refractivity contribution in [1.29, 1.82) is 0 Å². The minimum absolute atomic E-state index is 0.0629. The lowest BCUT2D eigenvalue weighted by molar-refractivity contribution is 0.0956. The molecule has 162 valence electrons. The van der Waals surface area contributed by atoms with E-state index in [9.17, 15) is 4.79 Å². The molecule has 0 radical (unpaired) electrons. The third kappa shape index (κ3) is 4.12. The Morgan fingerprint density at radius 3 is 2.44 bits per heavy atom. The van der Waals surface area contributed by atoms with Crippen LogP contribution in [-0.4, -0.2) is 35.7 Å². The zero-order valence-corrected chi connectivity index (χ0v) is 18.6. The van der Waals surface area contributed by atoms with E-state index in [0.717, 1.165) is 16.5 Å². The van der Waals surface area contributed by atoms with Gasteiger partial charge in [-0.25, -0.2) is 4.98 Å². The zero-order valence-electron chi connectivity index (χ0n) is 18.6. The van der Waals surface area contributed by atoms with E-state index in [4.69, 9.17) is 14.5 Å². The molecule has 2 aromatic heterocycles. The summed E-state index contributed by atoms with van der Waals surface area (Å²) in [5, 5.41) is 0.786. The quantitative estimate of drug-likeness (QED) is 0.462. The first-order valence-electron chi connectivity index (χ1n) is 10.4. The number of methoxy groups -OCH3 is 2. The van der Waals surface area contributed by atoms with Crippen molar-refractivity contribution in [2.24, 2.45) is 4.99 Å². The van der Waals surface area contributed by atoms with E-state index in [2.05, 4.69) is 4.99 Å². The van der Waals surface area contributed by atoms with Gasteiger partial charge in [-0.05, 0) is 56.3 Å². The highest BCUT2D eigenvalue weighted by molar-refractivity contribution is 6.08. The number of ether oxygens (including phenoxy) is 2. The van der Waals surface area contributed by atoms with Crippen LogP contribution in [0.1, 0.15) is 24.2 Å². The molecule has 2 aromatic carbocycles. The lowest BCUT2D eigenvalue weighted by Gasteiger charge is -2.13. The second-order valence-electron chi connectivity index (χ2n) is 7.60. The van der Waals surface area contributed by atoms with E-state index >= 15 is 0 Å². The average Bonchev–Trinajstić information content (AvgIpc) is 2.82. The van der Waals surface area contributed by atoms with E-state index < -0.39 is 0 Å². The van der Waals surface area contributed by atoms with Crippen molar-refractivity contribution in [2.75, 3.05) is 14.2 Å². The number of rotatable bonds is 5. The lowest BCUT2D eigenvalue weighted by Crippen LogP contribution is -2.28. The third-order valence-electron chi connectivity index (χ3n) is 5.07. The molecule has 0 fully saturated rings. The number of fused-ring (bicyclic) bond motifs is 1. The summed E-state index contributed by atoms with van der Waals surface area (Å²) < 4.78 is 12.4. The molecule has 4 rings (SSSR count). The second kappa shape index (κ2) is 9.06. The molecule has 0 bridgehead atoms. The first kappa shape index (κ1) is 21.3. The number of benzene rings is 2. The summed E-state index contributed by atoms with van der Waals surface area (Å²) in [4.78, 5) is 23.1. The van der Waals surface area contributed by atoms with Crippen LogP contribution in [0.4, 0.5) is 0 Å². The number of nitrogens with zero attached hydrogens (tertiary/aromatic N) is 3. The van der Waals surface area contributed by atoms with Gasteiger partial charge in [-0.1, -0.05) is 24.3 Å². The first-order chi connectivity index (χ1) is 15.5. The minimum Gasteiger partial charge on any atom is -0.493 e. The van der Waals surface area contributed by atoms with Crippen molar-refractivity contribution in [2.45, 2.75) is 19.9 Å². The van der Waals surface area contributed by atoms with Crippen LogP contribution in [0.5, 0.6) is 11.5 Å². The van der Waals surface area contributed by atoms with Crippen molar-refractivity contribution < 1.29 is 14.3 Å². The van der Waals surface area contributed by atoms with Crippen molar-refractivity contribution in [3.8, 4) is 22.8 Å². The van der Waals surface area contributed by atoms with Crippen LogP contribution in [0.25, 0.3) is 22.2 Å². The van der Waals surface area contributed by atoms with Crippen molar-refractivity contribution in [3.63, 3.8) is 0 Å². The van der Waals surface area contributed by atoms with Gasteiger partial charge in [0.05, 0.1) is 31.0 Å². The van der Waals surface area contributed by atoms with E-state index in [1.807, 2.05) is 80.6 Å². The molecule has 0 saturated heterocycles. The van der Waals surface area contributed by atoms with Crippen LogP contribution in [0.2, 0.25) is 0 Å². The summed E-state index contributed by atoms with van der Waals surface area (Å²) in [5.74, 6) is 1.07. The zero-order chi connectivity index (χ0) is 22.7. The maximum Gasteiger partial charge on any atom is 0.264 e. The molecule has 0 N–H and O–H groups in total. The molecule has 0 aliphatic heterocycles. The van der Waals surface area contributed by atoms with Gasteiger partial charge in [-0.3, -0.25) is 14.4 Å². The van der Waals surface area contributed by atoms with Crippen LogP contribution >= 0.6 is 0 Å². The Morgan fingerprint density at radius 2 is 1.69 bits per heavy atom. The van der Waals surface area contributed by atoms with Gasteiger partial charge in [0.15, 0.2) is 11.5 Å². The molecule has 32 heavy (non-hydrogen) atoms. The smallest absolute Gasteiger partial charge is 0.264 e. The number of hydrogen-bond acceptors (Lipinski definition) is 5. The molecule has 0 saturated carbocycles. The largest absolute Gasteiger partial charge is 0.493 e.